The lowest BCUT2D eigenvalue weighted by molar-refractivity contribution is 0.313. The Labute approximate surface area is 112 Å². The molecule has 2 rings (SSSR count). The zero-order valence-corrected chi connectivity index (χ0v) is 11.4. The summed E-state index contributed by atoms with van der Waals surface area (Å²) in [6.45, 7) is 9.28. The van der Waals surface area contributed by atoms with Gasteiger partial charge < -0.3 is 15.0 Å². The lowest BCUT2D eigenvalue weighted by Gasteiger charge is -2.08. The molecule has 102 valence electrons. The summed E-state index contributed by atoms with van der Waals surface area (Å²) in [5.74, 6) is 1.08. The summed E-state index contributed by atoms with van der Waals surface area (Å²) in [5, 5.41) is 3.14. The quantitative estimate of drug-likeness (QED) is 0.749. The van der Waals surface area contributed by atoms with Crippen molar-refractivity contribution in [2.45, 2.75) is 26.7 Å². The number of nitrogens with zero attached hydrogens (tertiary/aromatic N) is 3. The van der Waals surface area contributed by atoms with Gasteiger partial charge in [-0.3, -0.25) is 0 Å². The van der Waals surface area contributed by atoms with Crippen molar-refractivity contribution in [1.29, 1.82) is 0 Å². The number of imidazole rings is 1. The number of fused-ring (bicyclic) bond motifs is 1. The highest BCUT2D eigenvalue weighted by Gasteiger charge is 2.10. The molecule has 0 radical (unpaired) electrons. The minimum absolute atomic E-state index is 0.530. The molecule has 0 fully saturated rings. The van der Waals surface area contributed by atoms with Crippen LogP contribution in [0.1, 0.15) is 26.7 Å². The third kappa shape index (κ3) is 3.43. The smallest absolute Gasteiger partial charge is 0.245 e. The van der Waals surface area contributed by atoms with Crippen LogP contribution in [0.15, 0.2) is 18.5 Å². The van der Waals surface area contributed by atoms with E-state index in [0.29, 0.717) is 24.1 Å². The van der Waals surface area contributed by atoms with E-state index in [1.54, 1.807) is 6.33 Å². The Morgan fingerprint density at radius 1 is 1.47 bits per heavy atom. The fourth-order valence-corrected chi connectivity index (χ4v) is 1.55. The number of anilines is 1. The van der Waals surface area contributed by atoms with Gasteiger partial charge in [-0.2, -0.15) is 9.97 Å². The fourth-order valence-electron chi connectivity index (χ4n) is 1.55. The van der Waals surface area contributed by atoms with Gasteiger partial charge in [0, 0.05) is 13.0 Å². The first-order chi connectivity index (χ1) is 9.20. The van der Waals surface area contributed by atoms with Gasteiger partial charge in [0.1, 0.15) is 5.52 Å². The molecule has 6 nitrogen and oxygen atoms in total. The van der Waals surface area contributed by atoms with Gasteiger partial charge in [-0.25, -0.2) is 4.98 Å². The van der Waals surface area contributed by atoms with Crippen LogP contribution in [-0.2, 0) is 0 Å². The molecule has 0 aliphatic carbocycles. The van der Waals surface area contributed by atoms with Gasteiger partial charge in [0.25, 0.3) is 0 Å². The number of aromatic amines is 1. The van der Waals surface area contributed by atoms with Crippen molar-refractivity contribution in [3.05, 3.63) is 18.5 Å². The van der Waals surface area contributed by atoms with Crippen molar-refractivity contribution < 1.29 is 4.74 Å². The highest BCUT2D eigenvalue weighted by molar-refractivity contribution is 5.76. The molecule has 0 aliphatic rings. The maximum atomic E-state index is 5.69. The van der Waals surface area contributed by atoms with Crippen LogP contribution in [0.25, 0.3) is 11.2 Å². The van der Waals surface area contributed by atoms with E-state index in [1.807, 2.05) is 6.92 Å². The van der Waals surface area contributed by atoms with Crippen LogP contribution in [0.3, 0.4) is 0 Å². The number of H-pyrrole nitrogens is 1. The first kappa shape index (κ1) is 13.3. The second-order valence-corrected chi connectivity index (χ2v) is 4.44. The molecule has 2 N–H and O–H groups in total. The Balaban J connectivity index is 2.18. The molecule has 2 heterocycles. The summed E-state index contributed by atoms with van der Waals surface area (Å²) in [7, 11) is 0. The van der Waals surface area contributed by atoms with Crippen LogP contribution < -0.4 is 10.1 Å². The molecule has 6 heteroatoms. The third-order valence-electron chi connectivity index (χ3n) is 2.55. The highest BCUT2D eigenvalue weighted by Crippen LogP contribution is 2.21. The van der Waals surface area contributed by atoms with E-state index in [-0.39, 0.29) is 0 Å². The average Bonchev–Trinajstić information content (AvgIpc) is 2.84. The molecule has 2 aromatic rings. The summed E-state index contributed by atoms with van der Waals surface area (Å²) < 4.78 is 5.69. The Morgan fingerprint density at radius 2 is 2.32 bits per heavy atom. The Morgan fingerprint density at radius 3 is 3.05 bits per heavy atom. The van der Waals surface area contributed by atoms with E-state index in [2.05, 4.69) is 38.8 Å². The molecule has 0 aliphatic heterocycles. The van der Waals surface area contributed by atoms with Crippen LogP contribution >= 0.6 is 0 Å². The first-order valence-electron chi connectivity index (χ1n) is 6.43. The molecule has 0 unspecified atom stereocenters. The predicted molar refractivity (Wildman–Crippen MR) is 75.4 cm³/mol. The summed E-state index contributed by atoms with van der Waals surface area (Å²) >= 11 is 0. The Hall–Kier alpha value is -2.11. The topological polar surface area (TPSA) is 75.7 Å². The van der Waals surface area contributed by atoms with Crippen LogP contribution in [0.4, 0.5) is 5.95 Å². The van der Waals surface area contributed by atoms with Crippen LogP contribution in [0, 0.1) is 0 Å². The lowest BCUT2D eigenvalue weighted by Crippen LogP contribution is -2.07. The summed E-state index contributed by atoms with van der Waals surface area (Å²) in [6, 6.07) is 0. The molecule has 0 bridgehead atoms. The van der Waals surface area contributed by atoms with Gasteiger partial charge >= 0.3 is 0 Å². The number of hydrogen-bond acceptors (Lipinski definition) is 5. The second-order valence-electron chi connectivity index (χ2n) is 4.44. The standard InChI is InChI=1S/C13H19N5O/c1-4-6-14-13-17-11-10(15-8-16-11)12(18-13)19-7-5-9(2)3/h8H,2,4-7H2,1,3H3,(H2,14,15,16,17,18). The largest absolute Gasteiger partial charge is 0.476 e. The van der Waals surface area contributed by atoms with Crippen LogP contribution in [0.5, 0.6) is 5.88 Å². The monoisotopic (exact) mass is 261 g/mol. The van der Waals surface area contributed by atoms with E-state index in [9.17, 15) is 0 Å². The van der Waals surface area contributed by atoms with Gasteiger partial charge in [0.15, 0.2) is 5.65 Å². The fraction of sp³-hybridized carbons (Fsp3) is 0.462. The minimum Gasteiger partial charge on any atom is -0.476 e. The number of nitrogens with one attached hydrogen (secondary N) is 2. The van der Waals surface area contributed by atoms with Gasteiger partial charge in [-0.1, -0.05) is 12.5 Å². The average molecular weight is 261 g/mol. The van der Waals surface area contributed by atoms with Crippen molar-refractivity contribution >= 4 is 17.1 Å². The predicted octanol–water partition coefficient (Wildman–Crippen LogP) is 2.52. The van der Waals surface area contributed by atoms with E-state index < -0.39 is 0 Å². The number of ether oxygens (including phenoxy) is 1. The summed E-state index contributed by atoms with van der Waals surface area (Å²) in [4.78, 5) is 15.8. The lowest BCUT2D eigenvalue weighted by atomic mass is 10.3. The minimum atomic E-state index is 0.530. The molecule has 2 aromatic heterocycles. The molecule has 19 heavy (non-hydrogen) atoms. The SMILES string of the molecule is C=C(C)CCOc1nc(NCCC)nc2nc[nH]c12. The summed E-state index contributed by atoms with van der Waals surface area (Å²) in [6.07, 6.45) is 3.40. The van der Waals surface area contributed by atoms with Gasteiger partial charge in [0.05, 0.1) is 12.9 Å². The van der Waals surface area contributed by atoms with Crippen molar-refractivity contribution in [2.24, 2.45) is 0 Å². The van der Waals surface area contributed by atoms with Crippen molar-refractivity contribution in [3.63, 3.8) is 0 Å². The van der Waals surface area contributed by atoms with Crippen LogP contribution in [-0.4, -0.2) is 33.1 Å². The molecular formula is C13H19N5O. The molecule has 0 saturated carbocycles. The third-order valence-corrected chi connectivity index (χ3v) is 2.55. The van der Waals surface area contributed by atoms with Gasteiger partial charge in [-0.15, -0.1) is 6.58 Å². The number of hydrogen-bond donors (Lipinski definition) is 2. The summed E-state index contributed by atoms with van der Waals surface area (Å²) in [5.41, 5.74) is 2.42. The normalized spacial score (nSPS) is 10.6. The molecule has 0 aromatic carbocycles. The Kier molecular flexibility index (Phi) is 4.33. The zero-order chi connectivity index (χ0) is 13.7. The first-order valence-corrected chi connectivity index (χ1v) is 6.43. The molecular weight excluding hydrogens is 242 g/mol. The van der Waals surface area contributed by atoms with E-state index in [4.69, 9.17) is 4.74 Å². The van der Waals surface area contributed by atoms with Gasteiger partial charge in [0.2, 0.25) is 11.8 Å². The van der Waals surface area contributed by atoms with Crippen LogP contribution in [0.2, 0.25) is 0 Å². The maximum Gasteiger partial charge on any atom is 0.245 e. The Bertz CT molecular complexity index is 563. The molecule has 0 spiro atoms. The molecule has 0 atom stereocenters. The number of rotatable bonds is 7. The van der Waals surface area contributed by atoms with E-state index in [1.165, 1.54) is 0 Å². The van der Waals surface area contributed by atoms with Crippen molar-refractivity contribution in [2.75, 3.05) is 18.5 Å². The highest BCUT2D eigenvalue weighted by atomic mass is 16.5. The molecule has 0 amide bonds. The number of aromatic nitrogens is 4. The zero-order valence-electron chi connectivity index (χ0n) is 11.4. The molecule has 0 saturated heterocycles. The van der Waals surface area contributed by atoms with Crippen molar-refractivity contribution in [3.8, 4) is 5.88 Å². The van der Waals surface area contributed by atoms with E-state index >= 15 is 0 Å². The maximum absolute atomic E-state index is 5.69. The van der Waals surface area contributed by atoms with E-state index in [0.717, 1.165) is 30.5 Å². The van der Waals surface area contributed by atoms with Gasteiger partial charge in [-0.05, 0) is 13.3 Å². The van der Waals surface area contributed by atoms with Crippen molar-refractivity contribution in [1.82, 2.24) is 19.9 Å². The second kappa shape index (κ2) is 6.17.